The molecule has 6 heteroatoms. The van der Waals surface area contributed by atoms with Crippen molar-refractivity contribution >= 4 is 17.5 Å². The summed E-state index contributed by atoms with van der Waals surface area (Å²) < 4.78 is 5.52. The smallest absolute Gasteiger partial charge is 0.251 e. The summed E-state index contributed by atoms with van der Waals surface area (Å²) in [7, 11) is 0. The van der Waals surface area contributed by atoms with Gasteiger partial charge in [0.15, 0.2) is 0 Å². The lowest BCUT2D eigenvalue weighted by Crippen LogP contribution is -2.31. The van der Waals surface area contributed by atoms with E-state index in [0.717, 1.165) is 36.5 Å². The van der Waals surface area contributed by atoms with E-state index >= 15 is 0 Å². The summed E-state index contributed by atoms with van der Waals surface area (Å²) in [6.45, 7) is 5.19. The van der Waals surface area contributed by atoms with E-state index in [4.69, 9.17) is 4.74 Å². The third-order valence-corrected chi connectivity index (χ3v) is 3.88. The van der Waals surface area contributed by atoms with Gasteiger partial charge >= 0.3 is 0 Å². The van der Waals surface area contributed by atoms with Gasteiger partial charge in [0.2, 0.25) is 5.95 Å². The molecule has 0 spiro atoms. The van der Waals surface area contributed by atoms with Crippen LogP contribution in [0.15, 0.2) is 30.3 Å². The van der Waals surface area contributed by atoms with Crippen molar-refractivity contribution in [3.63, 3.8) is 0 Å². The number of carbonyl (C=O) groups excluding carboxylic acids is 1. The molecular formula is C18H22N4O2. The summed E-state index contributed by atoms with van der Waals surface area (Å²) in [5.41, 5.74) is 3.18. The summed E-state index contributed by atoms with van der Waals surface area (Å²) in [6, 6.07) is 9.23. The number of hydrogen-bond donors (Lipinski definition) is 2. The van der Waals surface area contributed by atoms with E-state index in [1.54, 1.807) is 12.1 Å². The van der Waals surface area contributed by atoms with Gasteiger partial charge in [-0.3, -0.25) is 4.79 Å². The fraction of sp³-hybridized carbons (Fsp3) is 0.389. The monoisotopic (exact) mass is 326 g/mol. The van der Waals surface area contributed by atoms with Gasteiger partial charge in [-0.25, -0.2) is 9.97 Å². The van der Waals surface area contributed by atoms with Crippen LogP contribution in [0, 0.1) is 13.8 Å². The zero-order chi connectivity index (χ0) is 16.9. The van der Waals surface area contributed by atoms with Gasteiger partial charge in [0.25, 0.3) is 5.91 Å². The van der Waals surface area contributed by atoms with Gasteiger partial charge in [-0.2, -0.15) is 0 Å². The van der Waals surface area contributed by atoms with E-state index in [2.05, 4.69) is 20.6 Å². The molecule has 1 fully saturated rings. The molecule has 0 aliphatic carbocycles. The van der Waals surface area contributed by atoms with Crippen LogP contribution in [-0.2, 0) is 4.74 Å². The van der Waals surface area contributed by atoms with Crippen LogP contribution in [0.2, 0.25) is 0 Å². The highest BCUT2D eigenvalue weighted by Gasteiger charge is 2.16. The van der Waals surface area contributed by atoms with E-state index in [1.165, 1.54) is 0 Å². The highest BCUT2D eigenvalue weighted by molar-refractivity contribution is 5.95. The normalized spacial score (nSPS) is 16.8. The molecule has 126 valence electrons. The molecule has 1 aliphatic heterocycles. The Balaban J connectivity index is 1.65. The number of amides is 1. The number of benzene rings is 1. The minimum Gasteiger partial charge on any atom is -0.376 e. The maximum absolute atomic E-state index is 12.3. The Bertz CT molecular complexity index is 706. The lowest BCUT2D eigenvalue weighted by Gasteiger charge is -2.12. The number of nitrogens with zero attached hydrogens (tertiary/aromatic N) is 2. The van der Waals surface area contributed by atoms with Crippen molar-refractivity contribution in [1.29, 1.82) is 0 Å². The van der Waals surface area contributed by atoms with Gasteiger partial charge in [-0.1, -0.05) is 6.07 Å². The SMILES string of the molecule is Cc1cc(C)nc(Nc2cccc(C(=O)NC[C@H]3CCCO3)c2)n1. The van der Waals surface area contributed by atoms with E-state index in [9.17, 15) is 4.79 Å². The standard InChI is InChI=1S/C18H22N4O2/c1-12-9-13(2)21-18(20-12)22-15-6-3-5-14(10-15)17(23)19-11-16-7-4-8-24-16/h3,5-6,9-10,16H,4,7-8,11H2,1-2H3,(H,19,23)(H,20,21,22)/t16-/m1/s1. The molecule has 0 radical (unpaired) electrons. The first kappa shape index (κ1) is 16.4. The molecule has 1 atom stereocenters. The lowest BCUT2D eigenvalue weighted by molar-refractivity contribution is 0.0858. The maximum Gasteiger partial charge on any atom is 0.251 e. The van der Waals surface area contributed by atoms with Crippen molar-refractivity contribution in [3.8, 4) is 0 Å². The molecule has 1 aliphatic rings. The van der Waals surface area contributed by atoms with Crippen LogP contribution < -0.4 is 10.6 Å². The quantitative estimate of drug-likeness (QED) is 0.883. The molecule has 1 saturated heterocycles. The summed E-state index contributed by atoms with van der Waals surface area (Å²) in [6.07, 6.45) is 2.21. The average molecular weight is 326 g/mol. The number of aromatic nitrogens is 2. The molecule has 0 saturated carbocycles. The molecule has 3 rings (SSSR count). The van der Waals surface area contributed by atoms with Crippen molar-refractivity contribution in [2.24, 2.45) is 0 Å². The van der Waals surface area contributed by atoms with Crippen LogP contribution in [0.25, 0.3) is 0 Å². The minimum atomic E-state index is -0.101. The fourth-order valence-corrected chi connectivity index (χ4v) is 2.76. The number of anilines is 2. The molecule has 2 aromatic rings. The van der Waals surface area contributed by atoms with Crippen LogP contribution in [0.3, 0.4) is 0 Å². The second-order valence-electron chi connectivity index (χ2n) is 6.03. The van der Waals surface area contributed by atoms with Gasteiger partial charge < -0.3 is 15.4 Å². The predicted molar refractivity (Wildman–Crippen MR) is 92.5 cm³/mol. The van der Waals surface area contributed by atoms with Crippen LogP contribution >= 0.6 is 0 Å². The third-order valence-electron chi connectivity index (χ3n) is 3.88. The average Bonchev–Trinajstić information content (AvgIpc) is 3.05. The molecule has 1 aromatic carbocycles. The lowest BCUT2D eigenvalue weighted by atomic mass is 10.1. The first-order chi connectivity index (χ1) is 11.6. The molecule has 2 heterocycles. The number of carbonyl (C=O) groups is 1. The second kappa shape index (κ2) is 7.40. The summed E-state index contributed by atoms with van der Waals surface area (Å²) in [5, 5.41) is 6.08. The molecule has 0 unspecified atom stereocenters. The molecular weight excluding hydrogens is 304 g/mol. The zero-order valence-corrected chi connectivity index (χ0v) is 14.0. The van der Waals surface area contributed by atoms with Crippen molar-refractivity contribution < 1.29 is 9.53 Å². The van der Waals surface area contributed by atoms with Crippen molar-refractivity contribution in [1.82, 2.24) is 15.3 Å². The summed E-state index contributed by atoms with van der Waals surface area (Å²) in [4.78, 5) is 21.0. The van der Waals surface area contributed by atoms with Gasteiger partial charge in [0.05, 0.1) is 6.10 Å². The molecule has 0 bridgehead atoms. The molecule has 1 amide bonds. The Morgan fingerprint density at radius 2 is 2.04 bits per heavy atom. The predicted octanol–water partition coefficient (Wildman–Crippen LogP) is 2.75. The molecule has 24 heavy (non-hydrogen) atoms. The number of rotatable bonds is 5. The van der Waals surface area contributed by atoms with Crippen LogP contribution in [0.4, 0.5) is 11.6 Å². The van der Waals surface area contributed by atoms with Gasteiger partial charge in [-0.15, -0.1) is 0 Å². The van der Waals surface area contributed by atoms with Gasteiger partial charge in [0.1, 0.15) is 0 Å². The number of nitrogens with one attached hydrogen (secondary N) is 2. The van der Waals surface area contributed by atoms with Gasteiger partial charge in [0, 0.05) is 35.8 Å². The Labute approximate surface area is 141 Å². The number of aryl methyl sites for hydroxylation is 2. The minimum absolute atomic E-state index is 0.101. The first-order valence-electron chi connectivity index (χ1n) is 8.19. The Morgan fingerprint density at radius 1 is 1.25 bits per heavy atom. The van der Waals surface area contributed by atoms with E-state index in [-0.39, 0.29) is 12.0 Å². The largest absolute Gasteiger partial charge is 0.376 e. The molecule has 1 aromatic heterocycles. The third kappa shape index (κ3) is 4.29. The van der Waals surface area contributed by atoms with Crippen molar-refractivity contribution in [3.05, 3.63) is 47.3 Å². The molecule has 6 nitrogen and oxygen atoms in total. The highest BCUT2D eigenvalue weighted by atomic mass is 16.5. The van der Waals surface area contributed by atoms with Gasteiger partial charge in [-0.05, 0) is 51.0 Å². The second-order valence-corrected chi connectivity index (χ2v) is 6.03. The molecule has 2 N–H and O–H groups in total. The first-order valence-corrected chi connectivity index (χ1v) is 8.19. The topological polar surface area (TPSA) is 76.1 Å². The van der Waals surface area contributed by atoms with Crippen molar-refractivity contribution in [2.75, 3.05) is 18.5 Å². The van der Waals surface area contributed by atoms with Crippen LogP contribution in [0.5, 0.6) is 0 Å². The number of ether oxygens (including phenoxy) is 1. The van der Waals surface area contributed by atoms with Crippen LogP contribution in [-0.4, -0.2) is 35.1 Å². The highest BCUT2D eigenvalue weighted by Crippen LogP contribution is 2.16. The zero-order valence-electron chi connectivity index (χ0n) is 14.0. The van der Waals surface area contributed by atoms with E-state index in [1.807, 2.05) is 32.0 Å². The summed E-state index contributed by atoms with van der Waals surface area (Å²) >= 11 is 0. The maximum atomic E-state index is 12.3. The Hall–Kier alpha value is -2.47. The Kier molecular flexibility index (Phi) is 5.05. The van der Waals surface area contributed by atoms with Crippen molar-refractivity contribution in [2.45, 2.75) is 32.8 Å². The van der Waals surface area contributed by atoms with E-state index in [0.29, 0.717) is 18.1 Å². The van der Waals surface area contributed by atoms with E-state index < -0.39 is 0 Å². The number of hydrogen-bond acceptors (Lipinski definition) is 5. The summed E-state index contributed by atoms with van der Waals surface area (Å²) in [5.74, 6) is 0.430. The fourth-order valence-electron chi connectivity index (χ4n) is 2.76. The van der Waals surface area contributed by atoms with Crippen LogP contribution in [0.1, 0.15) is 34.6 Å². The Morgan fingerprint density at radius 3 is 2.75 bits per heavy atom.